The van der Waals surface area contributed by atoms with E-state index in [0.717, 1.165) is 16.7 Å². The Morgan fingerprint density at radius 2 is 1.63 bits per heavy atom. The van der Waals surface area contributed by atoms with E-state index >= 15 is 0 Å². The fourth-order valence-corrected chi connectivity index (χ4v) is 3.53. The monoisotopic (exact) mass is 365 g/mol. The third kappa shape index (κ3) is 4.51. The molecule has 3 rings (SSSR count). The highest BCUT2D eigenvalue weighted by atomic mass is 16.5. The van der Waals surface area contributed by atoms with Crippen molar-refractivity contribution < 1.29 is 19.9 Å². The van der Waals surface area contributed by atoms with Crippen LogP contribution in [0.3, 0.4) is 0 Å². The van der Waals surface area contributed by atoms with Gasteiger partial charge in [-0.25, -0.2) is 0 Å². The standard InChI is InChI=1S/C22H23NO4/c1-15(24)21-19(14-20(25)23(27)22(21)26)13-18-11-9-17(10-12-18)8-7-16-5-3-2-4-6-16/h2-12,15,19,21,24,27H,13-14H2,1H3/b8-7+/t15-,19?,21-/m1/s1. The number of aliphatic hydroxyl groups excluding tert-OH is 1. The van der Waals surface area contributed by atoms with Crippen LogP contribution < -0.4 is 0 Å². The molecule has 0 bridgehead atoms. The van der Waals surface area contributed by atoms with Crippen LogP contribution in [0.5, 0.6) is 0 Å². The van der Waals surface area contributed by atoms with Crippen molar-refractivity contribution in [2.75, 3.05) is 0 Å². The molecule has 0 saturated carbocycles. The molecule has 0 aliphatic carbocycles. The van der Waals surface area contributed by atoms with E-state index in [1.54, 1.807) is 0 Å². The van der Waals surface area contributed by atoms with Crippen molar-refractivity contribution >= 4 is 24.0 Å². The van der Waals surface area contributed by atoms with Gasteiger partial charge < -0.3 is 5.11 Å². The molecular formula is C22H23NO4. The second kappa shape index (κ2) is 8.29. The second-order valence-electron chi connectivity index (χ2n) is 6.96. The summed E-state index contributed by atoms with van der Waals surface area (Å²) < 4.78 is 0. The maximum Gasteiger partial charge on any atom is 0.259 e. The van der Waals surface area contributed by atoms with Crippen molar-refractivity contribution in [3.63, 3.8) is 0 Å². The molecule has 1 heterocycles. The summed E-state index contributed by atoms with van der Waals surface area (Å²) >= 11 is 0. The number of nitrogens with zero attached hydrogens (tertiary/aromatic N) is 1. The zero-order valence-electron chi connectivity index (χ0n) is 15.2. The Hall–Kier alpha value is -2.76. The van der Waals surface area contributed by atoms with Gasteiger partial charge in [0.05, 0.1) is 12.0 Å². The largest absolute Gasteiger partial charge is 0.393 e. The fourth-order valence-electron chi connectivity index (χ4n) is 3.53. The van der Waals surface area contributed by atoms with E-state index < -0.39 is 23.8 Å². The number of rotatable bonds is 5. The summed E-state index contributed by atoms with van der Waals surface area (Å²) in [5, 5.41) is 19.6. The van der Waals surface area contributed by atoms with Crippen LogP contribution >= 0.6 is 0 Å². The highest BCUT2D eigenvalue weighted by Crippen LogP contribution is 2.30. The minimum Gasteiger partial charge on any atom is -0.393 e. The van der Waals surface area contributed by atoms with Gasteiger partial charge in [0.15, 0.2) is 0 Å². The summed E-state index contributed by atoms with van der Waals surface area (Å²) in [6.45, 7) is 1.51. The molecule has 1 saturated heterocycles. The topological polar surface area (TPSA) is 77.8 Å². The minimum absolute atomic E-state index is 0.0352. The van der Waals surface area contributed by atoms with Gasteiger partial charge in [-0.2, -0.15) is 5.06 Å². The highest BCUT2D eigenvalue weighted by Gasteiger charge is 2.43. The van der Waals surface area contributed by atoms with Crippen LogP contribution in [0.1, 0.15) is 30.0 Å². The van der Waals surface area contributed by atoms with Gasteiger partial charge in [-0.1, -0.05) is 66.7 Å². The molecule has 1 fully saturated rings. The third-order valence-electron chi connectivity index (χ3n) is 4.94. The Balaban J connectivity index is 1.70. The molecule has 1 aliphatic rings. The predicted molar refractivity (Wildman–Crippen MR) is 102 cm³/mol. The molecule has 2 amide bonds. The smallest absolute Gasteiger partial charge is 0.259 e. The first kappa shape index (κ1) is 19.0. The number of carbonyl (C=O) groups is 2. The van der Waals surface area contributed by atoms with Crippen LogP contribution in [-0.2, 0) is 16.0 Å². The number of carbonyl (C=O) groups excluding carboxylic acids is 2. The molecule has 2 aromatic carbocycles. The summed E-state index contributed by atoms with van der Waals surface area (Å²) in [7, 11) is 0. The van der Waals surface area contributed by atoms with Crippen molar-refractivity contribution in [3.05, 3.63) is 71.3 Å². The SMILES string of the molecule is C[C@@H](O)[C@H]1C(=O)N(O)C(=O)CC1Cc1ccc(/C=C/c2ccccc2)cc1. The number of aliphatic hydroxyl groups is 1. The van der Waals surface area contributed by atoms with Gasteiger partial charge in [-0.05, 0) is 36.0 Å². The first-order valence-electron chi connectivity index (χ1n) is 9.01. The van der Waals surface area contributed by atoms with E-state index in [9.17, 15) is 19.9 Å². The van der Waals surface area contributed by atoms with Crippen LogP contribution in [-0.4, -0.2) is 33.3 Å². The van der Waals surface area contributed by atoms with E-state index in [1.807, 2.05) is 66.7 Å². The van der Waals surface area contributed by atoms with Gasteiger partial charge in [0.2, 0.25) is 0 Å². The number of hydrogen-bond acceptors (Lipinski definition) is 4. The Labute approximate surface area is 158 Å². The number of imide groups is 1. The van der Waals surface area contributed by atoms with Crippen LogP contribution in [0.2, 0.25) is 0 Å². The molecule has 1 unspecified atom stereocenters. The van der Waals surface area contributed by atoms with Crippen LogP contribution in [0.25, 0.3) is 12.2 Å². The minimum atomic E-state index is -0.932. The lowest BCUT2D eigenvalue weighted by atomic mass is 9.78. The molecule has 1 aliphatic heterocycles. The summed E-state index contributed by atoms with van der Waals surface area (Å²) in [5.41, 5.74) is 3.15. The lowest BCUT2D eigenvalue weighted by molar-refractivity contribution is -0.193. The van der Waals surface area contributed by atoms with Crippen molar-refractivity contribution in [2.45, 2.75) is 25.9 Å². The van der Waals surface area contributed by atoms with E-state index in [0.29, 0.717) is 6.42 Å². The van der Waals surface area contributed by atoms with Gasteiger partial charge in [0.1, 0.15) is 0 Å². The number of amides is 2. The quantitative estimate of drug-likeness (QED) is 0.485. The zero-order chi connectivity index (χ0) is 19.4. The van der Waals surface area contributed by atoms with E-state index in [4.69, 9.17) is 0 Å². The first-order chi connectivity index (χ1) is 13.0. The molecule has 5 nitrogen and oxygen atoms in total. The maximum absolute atomic E-state index is 12.1. The Morgan fingerprint density at radius 3 is 2.22 bits per heavy atom. The molecule has 2 N–H and O–H groups in total. The molecule has 140 valence electrons. The first-order valence-corrected chi connectivity index (χ1v) is 9.01. The highest BCUT2D eigenvalue weighted by molar-refractivity contribution is 5.98. The summed E-state index contributed by atoms with van der Waals surface area (Å²) in [4.78, 5) is 23.9. The second-order valence-corrected chi connectivity index (χ2v) is 6.96. The van der Waals surface area contributed by atoms with E-state index in [2.05, 4.69) is 0 Å². The fraction of sp³-hybridized carbons (Fsp3) is 0.273. The van der Waals surface area contributed by atoms with E-state index in [-0.39, 0.29) is 17.4 Å². The van der Waals surface area contributed by atoms with E-state index in [1.165, 1.54) is 6.92 Å². The average Bonchev–Trinajstić information content (AvgIpc) is 2.66. The molecular weight excluding hydrogens is 342 g/mol. The Bertz CT molecular complexity index is 827. The summed E-state index contributed by atoms with van der Waals surface area (Å²) in [6, 6.07) is 17.9. The van der Waals surface area contributed by atoms with Crippen LogP contribution in [0.15, 0.2) is 54.6 Å². The van der Waals surface area contributed by atoms with Crippen molar-refractivity contribution in [3.8, 4) is 0 Å². The van der Waals surface area contributed by atoms with Crippen LogP contribution in [0.4, 0.5) is 0 Å². The lowest BCUT2D eigenvalue weighted by Crippen LogP contribution is -2.51. The maximum atomic E-state index is 12.1. The molecule has 0 radical (unpaired) electrons. The molecule has 3 atom stereocenters. The summed E-state index contributed by atoms with van der Waals surface area (Å²) in [5.74, 6) is -2.47. The number of hydrogen-bond donors (Lipinski definition) is 2. The van der Waals surface area contributed by atoms with Gasteiger partial charge in [0, 0.05) is 6.42 Å². The van der Waals surface area contributed by atoms with Gasteiger partial charge in [-0.3, -0.25) is 14.8 Å². The van der Waals surface area contributed by atoms with Crippen molar-refractivity contribution in [1.29, 1.82) is 0 Å². The van der Waals surface area contributed by atoms with Crippen LogP contribution in [0, 0.1) is 11.8 Å². The van der Waals surface area contributed by atoms with Gasteiger partial charge in [0.25, 0.3) is 11.8 Å². The molecule has 27 heavy (non-hydrogen) atoms. The van der Waals surface area contributed by atoms with Gasteiger partial charge >= 0.3 is 0 Å². The van der Waals surface area contributed by atoms with Crippen molar-refractivity contribution in [2.24, 2.45) is 11.8 Å². The van der Waals surface area contributed by atoms with Gasteiger partial charge in [-0.15, -0.1) is 0 Å². The Morgan fingerprint density at radius 1 is 1.04 bits per heavy atom. The molecule has 2 aromatic rings. The molecule has 0 spiro atoms. The zero-order valence-corrected chi connectivity index (χ0v) is 15.2. The molecule has 0 aromatic heterocycles. The van der Waals surface area contributed by atoms with Crippen molar-refractivity contribution in [1.82, 2.24) is 5.06 Å². The normalized spacial score (nSPS) is 21.7. The number of benzene rings is 2. The lowest BCUT2D eigenvalue weighted by Gasteiger charge is -2.34. The Kier molecular flexibility index (Phi) is 5.84. The number of hydroxylamine groups is 2. The number of piperidine rings is 1. The molecule has 5 heteroatoms. The predicted octanol–water partition coefficient (Wildman–Crippen LogP) is 3.16. The third-order valence-corrected chi connectivity index (χ3v) is 4.94. The summed E-state index contributed by atoms with van der Waals surface area (Å²) in [6.07, 6.45) is 3.65. The average molecular weight is 365 g/mol.